The summed E-state index contributed by atoms with van der Waals surface area (Å²) in [6, 6.07) is 12.7. The first-order valence-electron chi connectivity index (χ1n) is 17.2. The molecule has 44 heavy (non-hydrogen) atoms. The van der Waals surface area contributed by atoms with Gasteiger partial charge in [-0.1, -0.05) is 62.8 Å². The van der Waals surface area contributed by atoms with Crippen molar-refractivity contribution in [3.05, 3.63) is 70.2 Å². The molecule has 2 aliphatic carbocycles. The van der Waals surface area contributed by atoms with E-state index >= 15 is 0 Å². The quantitative estimate of drug-likeness (QED) is 0.132. The van der Waals surface area contributed by atoms with Crippen LogP contribution in [0.4, 0.5) is 0 Å². The molecule has 2 aromatic carbocycles. The van der Waals surface area contributed by atoms with Crippen LogP contribution >= 0.6 is 0 Å². The molecule has 0 saturated carbocycles. The fourth-order valence-corrected chi connectivity index (χ4v) is 6.76. The summed E-state index contributed by atoms with van der Waals surface area (Å²) in [5.41, 5.74) is 4.72. The number of fused-ring (bicyclic) bond motifs is 2. The first-order valence-corrected chi connectivity index (χ1v) is 17.2. The number of ether oxygens (including phenoxy) is 6. The Labute approximate surface area is 265 Å². The Hall–Kier alpha value is -3.28. The standard InChI is InChI=1S/C38H54O6/c1-7-39-31-25-19-23-27-29(35(41-9-3)37(33(27)31)43-11-5)21-17-15-13-14-16-18-22-30-28-24-20-26-32(40-8-2)34(28)38(44-12-6)36(30)42-10-4/h19-20,23-26,29-30H,7-18,21-22H2,1-6H3. The molecule has 0 bridgehead atoms. The highest BCUT2D eigenvalue weighted by Gasteiger charge is 2.37. The summed E-state index contributed by atoms with van der Waals surface area (Å²) >= 11 is 0. The van der Waals surface area contributed by atoms with Crippen molar-refractivity contribution < 1.29 is 28.4 Å². The minimum atomic E-state index is 0.222. The van der Waals surface area contributed by atoms with E-state index in [0.29, 0.717) is 39.6 Å². The van der Waals surface area contributed by atoms with E-state index in [1.54, 1.807) is 0 Å². The van der Waals surface area contributed by atoms with Crippen molar-refractivity contribution in [3.63, 3.8) is 0 Å². The number of hydrogen-bond acceptors (Lipinski definition) is 6. The zero-order valence-corrected chi connectivity index (χ0v) is 28.0. The molecule has 6 heteroatoms. The van der Waals surface area contributed by atoms with Crippen LogP contribution in [0.15, 0.2) is 47.9 Å². The minimum absolute atomic E-state index is 0.222. The fourth-order valence-electron chi connectivity index (χ4n) is 6.76. The van der Waals surface area contributed by atoms with E-state index in [9.17, 15) is 0 Å². The minimum Gasteiger partial charge on any atom is -0.494 e. The van der Waals surface area contributed by atoms with Crippen LogP contribution in [0.1, 0.15) is 127 Å². The van der Waals surface area contributed by atoms with E-state index < -0.39 is 0 Å². The number of hydrogen-bond donors (Lipinski definition) is 0. The molecule has 4 rings (SSSR count). The predicted octanol–water partition coefficient (Wildman–Crippen LogP) is 9.98. The van der Waals surface area contributed by atoms with Gasteiger partial charge in [-0.3, -0.25) is 0 Å². The van der Waals surface area contributed by atoms with Gasteiger partial charge < -0.3 is 28.4 Å². The normalized spacial score (nSPS) is 17.0. The third kappa shape index (κ3) is 7.50. The average Bonchev–Trinajstić information content (AvgIpc) is 3.48. The molecule has 2 aromatic rings. The summed E-state index contributed by atoms with van der Waals surface area (Å²) in [5.74, 6) is 5.92. The lowest BCUT2D eigenvalue weighted by Gasteiger charge is -2.17. The number of unbranched alkanes of at least 4 members (excludes halogenated alkanes) is 5. The smallest absolute Gasteiger partial charge is 0.168 e. The van der Waals surface area contributed by atoms with Crippen molar-refractivity contribution in [2.45, 2.75) is 105 Å². The van der Waals surface area contributed by atoms with Crippen LogP contribution in [0.5, 0.6) is 11.5 Å². The summed E-state index contributed by atoms with van der Waals surface area (Å²) in [4.78, 5) is 0. The molecule has 2 atom stereocenters. The molecule has 0 spiro atoms. The molecule has 2 aliphatic rings. The van der Waals surface area contributed by atoms with E-state index in [0.717, 1.165) is 71.3 Å². The molecule has 0 saturated heterocycles. The Bertz CT molecular complexity index is 1160. The van der Waals surface area contributed by atoms with E-state index in [-0.39, 0.29) is 11.8 Å². The van der Waals surface area contributed by atoms with Gasteiger partial charge in [0.25, 0.3) is 0 Å². The Kier molecular flexibility index (Phi) is 13.2. The van der Waals surface area contributed by atoms with Crippen LogP contribution in [-0.4, -0.2) is 39.6 Å². The first kappa shape index (κ1) is 33.6. The van der Waals surface area contributed by atoms with Crippen molar-refractivity contribution in [3.8, 4) is 11.5 Å². The summed E-state index contributed by atoms with van der Waals surface area (Å²) in [6.07, 6.45) is 9.31. The molecule has 0 radical (unpaired) electrons. The molecule has 0 amide bonds. The van der Waals surface area contributed by atoms with Gasteiger partial charge in [0, 0.05) is 11.8 Å². The van der Waals surface area contributed by atoms with Gasteiger partial charge in [0.15, 0.2) is 11.5 Å². The maximum Gasteiger partial charge on any atom is 0.168 e. The third-order valence-corrected chi connectivity index (χ3v) is 8.41. The Morgan fingerprint density at radius 3 is 1.16 bits per heavy atom. The molecule has 242 valence electrons. The van der Waals surface area contributed by atoms with Gasteiger partial charge in [-0.05, 0) is 77.6 Å². The van der Waals surface area contributed by atoms with Gasteiger partial charge in [0.05, 0.1) is 50.8 Å². The molecule has 0 fully saturated rings. The molecule has 0 heterocycles. The van der Waals surface area contributed by atoms with Crippen molar-refractivity contribution in [2.24, 2.45) is 0 Å². The van der Waals surface area contributed by atoms with Crippen molar-refractivity contribution in [2.75, 3.05) is 39.6 Å². The maximum absolute atomic E-state index is 6.22. The Balaban J connectivity index is 1.32. The highest BCUT2D eigenvalue weighted by atomic mass is 16.5. The Morgan fingerprint density at radius 2 is 0.795 bits per heavy atom. The molecule has 0 aromatic heterocycles. The monoisotopic (exact) mass is 606 g/mol. The van der Waals surface area contributed by atoms with Gasteiger partial charge in [-0.2, -0.15) is 0 Å². The van der Waals surface area contributed by atoms with Gasteiger partial charge in [-0.25, -0.2) is 0 Å². The molecular weight excluding hydrogens is 552 g/mol. The van der Waals surface area contributed by atoms with Crippen LogP contribution < -0.4 is 9.47 Å². The molecule has 0 N–H and O–H groups in total. The summed E-state index contributed by atoms with van der Waals surface area (Å²) in [6.45, 7) is 15.9. The highest BCUT2D eigenvalue weighted by Crippen LogP contribution is 2.50. The third-order valence-electron chi connectivity index (χ3n) is 8.41. The number of rotatable bonds is 21. The molecule has 6 nitrogen and oxygen atoms in total. The number of allylic oxidation sites excluding steroid dienone is 2. The maximum atomic E-state index is 6.22. The zero-order valence-electron chi connectivity index (χ0n) is 28.0. The topological polar surface area (TPSA) is 55.4 Å². The lowest BCUT2D eigenvalue weighted by Crippen LogP contribution is -2.04. The van der Waals surface area contributed by atoms with Crippen molar-refractivity contribution in [1.82, 2.24) is 0 Å². The average molecular weight is 607 g/mol. The largest absolute Gasteiger partial charge is 0.494 e. The van der Waals surface area contributed by atoms with Crippen molar-refractivity contribution in [1.29, 1.82) is 0 Å². The predicted molar refractivity (Wildman–Crippen MR) is 178 cm³/mol. The fraction of sp³-hybridized carbons (Fsp3) is 0.579. The van der Waals surface area contributed by atoms with Gasteiger partial charge in [0.1, 0.15) is 23.0 Å². The summed E-state index contributed by atoms with van der Waals surface area (Å²) < 4.78 is 36.7. The number of benzene rings is 2. The second-order valence-electron chi connectivity index (χ2n) is 11.2. The molecule has 0 aliphatic heterocycles. The van der Waals surface area contributed by atoms with E-state index in [1.165, 1.54) is 36.8 Å². The van der Waals surface area contributed by atoms with E-state index in [4.69, 9.17) is 28.4 Å². The van der Waals surface area contributed by atoms with Crippen LogP contribution in [0.3, 0.4) is 0 Å². The zero-order chi connectivity index (χ0) is 31.3. The second-order valence-corrected chi connectivity index (χ2v) is 11.2. The van der Waals surface area contributed by atoms with Crippen LogP contribution in [0, 0.1) is 0 Å². The SMILES string of the molecule is CCOC1=C(OCC)C(CCCCCCCCC2C(OCC)=C(OCC)c3c(OCC)cccc32)c2cccc(OCC)c21. The van der Waals surface area contributed by atoms with Crippen LogP contribution in [-0.2, 0) is 18.9 Å². The molecule has 2 unspecified atom stereocenters. The van der Waals surface area contributed by atoms with Crippen molar-refractivity contribution >= 4 is 11.5 Å². The van der Waals surface area contributed by atoms with E-state index in [1.807, 2.05) is 53.7 Å². The van der Waals surface area contributed by atoms with Gasteiger partial charge in [-0.15, -0.1) is 0 Å². The lowest BCUT2D eigenvalue weighted by molar-refractivity contribution is 0.190. The Morgan fingerprint density at radius 1 is 0.432 bits per heavy atom. The van der Waals surface area contributed by atoms with Gasteiger partial charge in [0.2, 0.25) is 0 Å². The highest BCUT2D eigenvalue weighted by molar-refractivity contribution is 5.78. The summed E-state index contributed by atoms with van der Waals surface area (Å²) in [5, 5.41) is 0. The van der Waals surface area contributed by atoms with Crippen LogP contribution in [0.2, 0.25) is 0 Å². The molecular formula is C38H54O6. The lowest BCUT2D eigenvalue weighted by atomic mass is 9.92. The first-order chi connectivity index (χ1) is 21.6. The van der Waals surface area contributed by atoms with Crippen LogP contribution in [0.25, 0.3) is 11.5 Å². The second kappa shape index (κ2) is 17.3. The summed E-state index contributed by atoms with van der Waals surface area (Å²) in [7, 11) is 0. The van der Waals surface area contributed by atoms with E-state index in [2.05, 4.69) is 24.3 Å². The van der Waals surface area contributed by atoms with Gasteiger partial charge >= 0.3 is 0 Å².